The van der Waals surface area contributed by atoms with Crippen molar-refractivity contribution in [2.24, 2.45) is 5.41 Å². The van der Waals surface area contributed by atoms with Gasteiger partial charge in [-0.1, -0.05) is 11.6 Å². The monoisotopic (exact) mass is 323 g/mol. The average Bonchev–Trinajstić information content (AvgIpc) is 3.15. The fraction of sp³-hybridized carbons (Fsp3) is 0.333. The molecule has 2 N–H and O–H groups in total. The first-order valence-corrected chi connectivity index (χ1v) is 7.92. The summed E-state index contributed by atoms with van der Waals surface area (Å²) in [5.74, 6) is -0.974. The van der Waals surface area contributed by atoms with E-state index in [0.29, 0.717) is 17.9 Å². The highest BCUT2D eigenvalue weighted by molar-refractivity contribution is 7.17. The van der Waals surface area contributed by atoms with Gasteiger partial charge in [0, 0.05) is 16.3 Å². The van der Waals surface area contributed by atoms with E-state index < -0.39 is 11.4 Å². The lowest BCUT2D eigenvalue weighted by Gasteiger charge is -2.10. The Hall–Kier alpha value is -1.59. The number of carboxylic acid groups (broad SMARTS) is 1. The lowest BCUT2D eigenvalue weighted by Crippen LogP contribution is -2.34. The molecule has 110 valence electrons. The van der Waals surface area contributed by atoms with Crippen LogP contribution in [-0.4, -0.2) is 23.5 Å². The molecule has 1 aromatic carbocycles. The van der Waals surface area contributed by atoms with Crippen LogP contribution in [0.4, 0.5) is 0 Å². The number of hydrogen-bond donors (Lipinski definition) is 2. The number of carbonyl (C=O) groups is 2. The van der Waals surface area contributed by atoms with Gasteiger partial charge in [-0.3, -0.25) is 9.59 Å². The number of hydrogen-bond acceptors (Lipinski definition) is 3. The minimum Gasteiger partial charge on any atom is -0.481 e. The van der Waals surface area contributed by atoms with Gasteiger partial charge in [-0.15, -0.1) is 11.3 Å². The zero-order valence-electron chi connectivity index (χ0n) is 11.2. The molecule has 1 fully saturated rings. The third-order valence-corrected chi connectivity index (χ3v) is 5.15. The number of nitrogens with one attached hydrogen (secondary N) is 1. The predicted octanol–water partition coefficient (Wildman–Crippen LogP) is 3.08. The Balaban J connectivity index is 1.66. The van der Waals surface area contributed by atoms with Crippen molar-refractivity contribution in [2.75, 3.05) is 6.54 Å². The Morgan fingerprint density at radius 1 is 1.38 bits per heavy atom. The zero-order chi connectivity index (χ0) is 15.0. The molecule has 4 nitrogen and oxygen atoms in total. The standard InChI is InChI=1S/C15H14ClNO3S/c16-10-1-2-12-11(6-10)9(7-21-12)5-13(18)17-8-15(3-4-15)14(19)20/h1-2,6-7H,3-5,8H2,(H,17,18)(H,19,20). The summed E-state index contributed by atoms with van der Waals surface area (Å²) in [7, 11) is 0. The molecule has 2 aromatic rings. The lowest BCUT2D eigenvalue weighted by molar-refractivity contribution is -0.143. The molecule has 0 saturated heterocycles. The highest BCUT2D eigenvalue weighted by Crippen LogP contribution is 2.45. The van der Waals surface area contributed by atoms with E-state index in [1.165, 1.54) is 0 Å². The average molecular weight is 324 g/mol. The molecule has 1 aromatic heterocycles. The van der Waals surface area contributed by atoms with Crippen molar-refractivity contribution in [1.29, 1.82) is 0 Å². The van der Waals surface area contributed by atoms with E-state index in [4.69, 9.17) is 16.7 Å². The molecule has 1 saturated carbocycles. The number of carbonyl (C=O) groups excluding carboxylic acids is 1. The minimum absolute atomic E-state index is 0.151. The van der Waals surface area contributed by atoms with Crippen LogP contribution in [0.5, 0.6) is 0 Å². The maximum atomic E-state index is 12.0. The highest BCUT2D eigenvalue weighted by Gasteiger charge is 2.50. The van der Waals surface area contributed by atoms with Crippen molar-refractivity contribution in [3.8, 4) is 0 Å². The van der Waals surface area contributed by atoms with Crippen molar-refractivity contribution in [3.63, 3.8) is 0 Å². The minimum atomic E-state index is -0.824. The number of thiophene rings is 1. The van der Waals surface area contributed by atoms with Crippen LogP contribution in [0.15, 0.2) is 23.6 Å². The van der Waals surface area contributed by atoms with Gasteiger partial charge in [0.2, 0.25) is 5.91 Å². The van der Waals surface area contributed by atoms with E-state index in [0.717, 1.165) is 15.6 Å². The normalized spacial score (nSPS) is 15.9. The highest BCUT2D eigenvalue weighted by atomic mass is 35.5. The number of carboxylic acids is 1. The number of rotatable bonds is 5. The van der Waals surface area contributed by atoms with Crippen LogP contribution in [0.3, 0.4) is 0 Å². The molecular weight excluding hydrogens is 310 g/mol. The first-order valence-electron chi connectivity index (χ1n) is 6.66. The van der Waals surface area contributed by atoms with E-state index in [2.05, 4.69) is 5.32 Å². The summed E-state index contributed by atoms with van der Waals surface area (Å²) >= 11 is 7.56. The van der Waals surface area contributed by atoms with Crippen LogP contribution in [0.2, 0.25) is 5.02 Å². The number of amides is 1. The van der Waals surface area contributed by atoms with Gasteiger partial charge in [0.05, 0.1) is 11.8 Å². The Labute approximate surface area is 130 Å². The Bertz CT molecular complexity index is 721. The second-order valence-corrected chi connectivity index (χ2v) is 6.79. The van der Waals surface area contributed by atoms with Crippen LogP contribution in [-0.2, 0) is 16.0 Å². The van der Waals surface area contributed by atoms with Crippen LogP contribution in [0.1, 0.15) is 18.4 Å². The molecule has 0 atom stereocenters. The largest absolute Gasteiger partial charge is 0.481 e. The quantitative estimate of drug-likeness (QED) is 0.888. The molecule has 1 amide bonds. The molecular formula is C15H14ClNO3S. The van der Waals surface area contributed by atoms with Crippen molar-refractivity contribution in [1.82, 2.24) is 5.32 Å². The van der Waals surface area contributed by atoms with Crippen molar-refractivity contribution >= 4 is 44.9 Å². The Kier molecular flexibility index (Phi) is 3.63. The molecule has 1 aliphatic rings. The molecule has 1 aliphatic carbocycles. The van der Waals surface area contributed by atoms with E-state index in [1.807, 2.05) is 23.6 Å². The van der Waals surface area contributed by atoms with E-state index in [1.54, 1.807) is 11.3 Å². The molecule has 21 heavy (non-hydrogen) atoms. The Morgan fingerprint density at radius 3 is 2.81 bits per heavy atom. The number of fused-ring (bicyclic) bond motifs is 1. The summed E-state index contributed by atoms with van der Waals surface area (Å²) in [6.45, 7) is 0.212. The van der Waals surface area contributed by atoms with Gasteiger partial charge in [0.25, 0.3) is 0 Å². The summed E-state index contributed by atoms with van der Waals surface area (Å²) in [6.07, 6.45) is 1.52. The smallest absolute Gasteiger partial charge is 0.311 e. The zero-order valence-corrected chi connectivity index (χ0v) is 12.8. The summed E-state index contributed by atoms with van der Waals surface area (Å²) in [4.78, 5) is 23.1. The molecule has 0 aliphatic heterocycles. The maximum absolute atomic E-state index is 12.0. The van der Waals surface area contributed by atoms with Crippen LogP contribution >= 0.6 is 22.9 Å². The molecule has 0 unspecified atom stereocenters. The van der Waals surface area contributed by atoms with Crippen molar-refractivity contribution < 1.29 is 14.7 Å². The number of halogens is 1. The molecule has 0 bridgehead atoms. The topological polar surface area (TPSA) is 66.4 Å². The summed E-state index contributed by atoms with van der Waals surface area (Å²) in [5.41, 5.74) is 0.200. The summed E-state index contributed by atoms with van der Waals surface area (Å²) in [6, 6.07) is 5.62. The number of aliphatic carboxylic acids is 1. The van der Waals surface area contributed by atoms with Crippen LogP contribution < -0.4 is 5.32 Å². The molecule has 1 heterocycles. The van der Waals surface area contributed by atoms with Crippen molar-refractivity contribution in [2.45, 2.75) is 19.3 Å². The van der Waals surface area contributed by atoms with E-state index in [-0.39, 0.29) is 18.9 Å². The predicted molar refractivity (Wildman–Crippen MR) is 82.9 cm³/mol. The van der Waals surface area contributed by atoms with Crippen molar-refractivity contribution in [3.05, 3.63) is 34.2 Å². The summed E-state index contributed by atoms with van der Waals surface area (Å²) < 4.78 is 1.09. The SMILES string of the molecule is O=C(Cc1csc2ccc(Cl)cc12)NCC1(C(=O)O)CC1. The van der Waals surface area contributed by atoms with Gasteiger partial charge in [-0.05, 0) is 47.4 Å². The van der Waals surface area contributed by atoms with Gasteiger partial charge < -0.3 is 10.4 Å². The Morgan fingerprint density at radius 2 is 2.14 bits per heavy atom. The fourth-order valence-electron chi connectivity index (χ4n) is 2.31. The van der Waals surface area contributed by atoms with Gasteiger partial charge in [-0.2, -0.15) is 0 Å². The third-order valence-electron chi connectivity index (χ3n) is 3.90. The molecule has 3 rings (SSSR count). The van der Waals surface area contributed by atoms with E-state index in [9.17, 15) is 9.59 Å². The van der Waals surface area contributed by atoms with Gasteiger partial charge >= 0.3 is 5.97 Å². The lowest BCUT2D eigenvalue weighted by atomic mass is 10.1. The second kappa shape index (κ2) is 5.31. The molecule has 0 spiro atoms. The van der Waals surface area contributed by atoms with Gasteiger partial charge in [0.15, 0.2) is 0 Å². The third kappa shape index (κ3) is 2.89. The first-order chi connectivity index (χ1) is 10.00. The van der Waals surface area contributed by atoms with Gasteiger partial charge in [-0.25, -0.2) is 0 Å². The molecule has 6 heteroatoms. The number of benzene rings is 1. The van der Waals surface area contributed by atoms with Crippen LogP contribution in [0, 0.1) is 5.41 Å². The second-order valence-electron chi connectivity index (χ2n) is 5.44. The first kappa shape index (κ1) is 14.4. The van der Waals surface area contributed by atoms with E-state index >= 15 is 0 Å². The maximum Gasteiger partial charge on any atom is 0.311 e. The molecule has 0 radical (unpaired) electrons. The summed E-state index contributed by atoms with van der Waals surface area (Å²) in [5, 5.41) is 15.4. The fourth-order valence-corrected chi connectivity index (χ4v) is 3.43. The van der Waals surface area contributed by atoms with Crippen LogP contribution in [0.25, 0.3) is 10.1 Å². The van der Waals surface area contributed by atoms with Gasteiger partial charge in [0.1, 0.15) is 0 Å².